The zero-order valence-electron chi connectivity index (χ0n) is 11.1. The Morgan fingerprint density at radius 2 is 1.50 bits per heavy atom. The first-order chi connectivity index (χ1) is 7.74. The lowest BCUT2D eigenvalue weighted by atomic mass is 10.2. The molecule has 0 saturated heterocycles. The summed E-state index contributed by atoms with van der Waals surface area (Å²) in [5.41, 5.74) is 1.45. The van der Waals surface area contributed by atoms with E-state index in [-0.39, 0.29) is 0 Å². The number of hydrogen-bond acceptors (Lipinski definition) is 0. The van der Waals surface area contributed by atoms with Crippen LogP contribution in [0.1, 0.15) is 33.3 Å². The molecule has 0 amide bonds. The number of hydrogen-bond donors (Lipinski definition) is 0. The lowest BCUT2D eigenvalue weighted by Crippen LogP contribution is -2.33. The minimum atomic E-state index is -1.23. The Bertz CT molecular complexity index is 325. The largest absolute Gasteiger partial charge is 0.0878 e. The van der Waals surface area contributed by atoms with Crippen LogP contribution in [-0.4, -0.2) is 8.07 Å². The molecule has 1 aromatic carbocycles. The van der Waals surface area contributed by atoms with Gasteiger partial charge < -0.3 is 0 Å². The molecule has 1 aromatic rings. The van der Waals surface area contributed by atoms with Crippen LogP contribution in [0.5, 0.6) is 0 Å². The highest BCUT2D eigenvalue weighted by Crippen LogP contribution is 2.35. The molecule has 0 fully saturated rings. The Balaban J connectivity index is 3.17. The minimum absolute atomic E-state index is 1.23. The molecule has 0 N–H and O–H groups in total. The first-order valence-corrected chi connectivity index (χ1v) is 9.08. The van der Waals surface area contributed by atoms with Gasteiger partial charge in [0.2, 0.25) is 0 Å². The monoisotopic (exact) mass is 232 g/mol. The standard InChI is InChI=1S/C15H24Si/c1-5-15(14-12-10-9-11-13-14)16(6-2,7-3)8-4/h5,9-13H,6-8H2,1-4H3/b15-5-. The molecule has 0 aliphatic carbocycles. The van der Waals surface area contributed by atoms with Gasteiger partial charge in [-0.25, -0.2) is 0 Å². The molecule has 0 saturated carbocycles. The molecule has 0 bridgehead atoms. The predicted octanol–water partition coefficient (Wildman–Crippen LogP) is 5.14. The van der Waals surface area contributed by atoms with Gasteiger partial charge in [0.25, 0.3) is 0 Å². The van der Waals surface area contributed by atoms with E-state index >= 15 is 0 Å². The third-order valence-electron chi connectivity index (χ3n) is 3.98. The highest BCUT2D eigenvalue weighted by Gasteiger charge is 2.31. The fourth-order valence-electron chi connectivity index (χ4n) is 2.72. The Kier molecular flexibility index (Phi) is 5.00. The third-order valence-corrected chi connectivity index (χ3v) is 9.76. The molecule has 0 atom stereocenters. The van der Waals surface area contributed by atoms with E-state index in [1.165, 1.54) is 23.7 Å². The zero-order valence-corrected chi connectivity index (χ0v) is 12.1. The van der Waals surface area contributed by atoms with E-state index in [1.807, 2.05) is 0 Å². The second kappa shape index (κ2) is 6.05. The van der Waals surface area contributed by atoms with Crippen LogP contribution >= 0.6 is 0 Å². The molecule has 0 aromatic heterocycles. The Labute approximate surface area is 101 Å². The van der Waals surface area contributed by atoms with Gasteiger partial charge in [-0.2, -0.15) is 0 Å². The molecule has 0 radical (unpaired) electrons. The third kappa shape index (κ3) is 2.46. The van der Waals surface area contributed by atoms with Crippen molar-refractivity contribution in [2.75, 3.05) is 0 Å². The van der Waals surface area contributed by atoms with E-state index in [0.29, 0.717) is 0 Å². The Hall–Kier alpha value is -0.823. The summed E-state index contributed by atoms with van der Waals surface area (Å²) in [5, 5.41) is 1.65. The lowest BCUT2D eigenvalue weighted by molar-refractivity contribution is 1.20. The van der Waals surface area contributed by atoms with Crippen LogP contribution in [0.15, 0.2) is 36.4 Å². The molecule has 0 heterocycles. The molecule has 1 heteroatoms. The second-order valence-corrected chi connectivity index (χ2v) is 9.63. The van der Waals surface area contributed by atoms with Crippen LogP contribution in [0.2, 0.25) is 18.1 Å². The predicted molar refractivity (Wildman–Crippen MR) is 77.3 cm³/mol. The van der Waals surface area contributed by atoms with Crippen LogP contribution in [0, 0.1) is 0 Å². The maximum atomic E-state index is 2.37. The number of rotatable bonds is 5. The Morgan fingerprint density at radius 1 is 1.00 bits per heavy atom. The van der Waals surface area contributed by atoms with Crippen molar-refractivity contribution < 1.29 is 0 Å². The van der Waals surface area contributed by atoms with Gasteiger partial charge in [0.15, 0.2) is 0 Å². The quantitative estimate of drug-likeness (QED) is 0.617. The van der Waals surface area contributed by atoms with Gasteiger partial charge in [-0.1, -0.05) is 80.5 Å². The number of benzene rings is 1. The van der Waals surface area contributed by atoms with E-state index in [9.17, 15) is 0 Å². The van der Waals surface area contributed by atoms with Crippen molar-refractivity contribution in [2.24, 2.45) is 0 Å². The van der Waals surface area contributed by atoms with Crippen LogP contribution in [0.3, 0.4) is 0 Å². The van der Waals surface area contributed by atoms with Crippen molar-refractivity contribution in [1.29, 1.82) is 0 Å². The highest BCUT2D eigenvalue weighted by atomic mass is 28.3. The average Bonchev–Trinajstić information content (AvgIpc) is 2.37. The summed E-state index contributed by atoms with van der Waals surface area (Å²) in [6.45, 7) is 9.30. The molecule has 0 aliphatic heterocycles. The number of allylic oxidation sites excluding steroid dienone is 1. The maximum Gasteiger partial charge on any atom is 0.0862 e. The van der Waals surface area contributed by atoms with Crippen molar-refractivity contribution in [3.8, 4) is 0 Å². The summed E-state index contributed by atoms with van der Waals surface area (Å²) < 4.78 is 0. The molecular formula is C15H24Si. The SMILES string of the molecule is C/C=C(/c1ccccc1)[Si](CC)(CC)CC. The second-order valence-electron chi connectivity index (χ2n) is 4.41. The van der Waals surface area contributed by atoms with Crippen LogP contribution < -0.4 is 0 Å². The molecule has 0 nitrogen and oxygen atoms in total. The van der Waals surface area contributed by atoms with Gasteiger partial charge in [-0.15, -0.1) is 0 Å². The summed E-state index contributed by atoms with van der Waals surface area (Å²) in [6.07, 6.45) is 2.36. The first-order valence-electron chi connectivity index (χ1n) is 6.46. The fraction of sp³-hybridized carbons (Fsp3) is 0.467. The van der Waals surface area contributed by atoms with Crippen molar-refractivity contribution >= 4 is 13.3 Å². The molecule has 88 valence electrons. The van der Waals surface area contributed by atoms with Crippen molar-refractivity contribution in [3.05, 3.63) is 42.0 Å². The Morgan fingerprint density at radius 3 is 1.88 bits per heavy atom. The van der Waals surface area contributed by atoms with Gasteiger partial charge in [0.05, 0.1) is 8.07 Å². The van der Waals surface area contributed by atoms with Crippen molar-refractivity contribution in [3.63, 3.8) is 0 Å². The highest BCUT2D eigenvalue weighted by molar-refractivity contribution is 6.96. The summed E-state index contributed by atoms with van der Waals surface area (Å²) >= 11 is 0. The molecule has 1 rings (SSSR count). The average molecular weight is 232 g/mol. The van der Waals surface area contributed by atoms with Crippen LogP contribution in [-0.2, 0) is 0 Å². The summed E-state index contributed by atoms with van der Waals surface area (Å²) in [7, 11) is -1.23. The van der Waals surface area contributed by atoms with E-state index in [4.69, 9.17) is 0 Å². The van der Waals surface area contributed by atoms with Crippen LogP contribution in [0.4, 0.5) is 0 Å². The summed E-state index contributed by atoms with van der Waals surface area (Å²) in [5.74, 6) is 0. The first kappa shape index (κ1) is 13.2. The van der Waals surface area contributed by atoms with Crippen molar-refractivity contribution in [2.45, 2.75) is 45.8 Å². The van der Waals surface area contributed by atoms with Gasteiger partial charge in [0, 0.05) is 0 Å². The molecular weight excluding hydrogens is 208 g/mol. The van der Waals surface area contributed by atoms with Gasteiger partial charge in [-0.05, 0) is 12.5 Å². The topological polar surface area (TPSA) is 0 Å². The molecule has 0 unspecified atom stereocenters. The van der Waals surface area contributed by atoms with E-state index in [0.717, 1.165) is 0 Å². The fourth-order valence-corrected chi connectivity index (χ4v) is 6.75. The maximum absolute atomic E-state index is 2.37. The van der Waals surface area contributed by atoms with E-state index in [2.05, 4.69) is 64.1 Å². The summed E-state index contributed by atoms with van der Waals surface area (Å²) in [4.78, 5) is 0. The van der Waals surface area contributed by atoms with Gasteiger partial charge in [0.1, 0.15) is 0 Å². The van der Waals surface area contributed by atoms with Gasteiger partial charge in [-0.3, -0.25) is 0 Å². The molecule has 0 spiro atoms. The normalized spacial score (nSPS) is 12.9. The lowest BCUT2D eigenvalue weighted by Gasteiger charge is -2.31. The minimum Gasteiger partial charge on any atom is -0.0878 e. The summed E-state index contributed by atoms with van der Waals surface area (Å²) in [6, 6.07) is 15.0. The van der Waals surface area contributed by atoms with Gasteiger partial charge >= 0.3 is 0 Å². The van der Waals surface area contributed by atoms with E-state index in [1.54, 1.807) is 5.20 Å². The smallest absolute Gasteiger partial charge is 0.0862 e. The van der Waals surface area contributed by atoms with Crippen molar-refractivity contribution in [1.82, 2.24) is 0 Å². The molecule has 0 aliphatic rings. The van der Waals surface area contributed by atoms with Crippen LogP contribution in [0.25, 0.3) is 5.20 Å². The van der Waals surface area contributed by atoms with E-state index < -0.39 is 8.07 Å². The molecule has 16 heavy (non-hydrogen) atoms. The zero-order chi connectivity index (χ0) is 12.0.